The number of likely N-dealkylation sites (tertiary alicyclic amines) is 1. The van der Waals surface area contributed by atoms with Gasteiger partial charge in [0, 0.05) is 13.1 Å². The second kappa shape index (κ2) is 5.58. The van der Waals surface area contributed by atoms with Gasteiger partial charge >= 0.3 is 0 Å². The molecule has 2 atom stereocenters. The van der Waals surface area contributed by atoms with Gasteiger partial charge in [-0.05, 0) is 38.8 Å². The summed E-state index contributed by atoms with van der Waals surface area (Å²) in [6, 6.07) is 0. The number of β-amino-alcohol motifs (C(OH)–C–C–N with tert-alkyl or cyclic N) is 1. The number of aliphatic hydroxyl groups is 1. The van der Waals surface area contributed by atoms with E-state index in [2.05, 4.69) is 4.90 Å². The minimum absolute atomic E-state index is 0.212. The molecule has 2 unspecified atom stereocenters. The Hall–Kier alpha value is -0.120. The van der Waals surface area contributed by atoms with Crippen molar-refractivity contribution in [1.29, 1.82) is 0 Å². The van der Waals surface area contributed by atoms with Gasteiger partial charge in [0.25, 0.3) is 0 Å². The molecule has 1 fully saturated rings. The maximum atomic E-state index is 9.28. The molecule has 0 aliphatic carbocycles. The minimum Gasteiger partial charge on any atom is -0.392 e. The van der Waals surface area contributed by atoms with Gasteiger partial charge < -0.3 is 15.7 Å². The highest BCUT2D eigenvalue weighted by Crippen LogP contribution is 2.15. The Balaban J connectivity index is 2.35. The number of hydrogen-bond donors (Lipinski definition) is 2. The summed E-state index contributed by atoms with van der Waals surface area (Å²) in [5.41, 5.74) is 5.68. The van der Waals surface area contributed by atoms with E-state index in [1.807, 2.05) is 6.92 Å². The monoisotopic (exact) mass is 186 g/mol. The Bertz CT molecular complexity index is 139. The van der Waals surface area contributed by atoms with Crippen LogP contribution < -0.4 is 5.73 Å². The Kier molecular flexibility index (Phi) is 4.70. The van der Waals surface area contributed by atoms with Gasteiger partial charge in [-0.1, -0.05) is 6.42 Å². The van der Waals surface area contributed by atoms with E-state index in [0.29, 0.717) is 5.92 Å². The van der Waals surface area contributed by atoms with Crippen LogP contribution in [-0.4, -0.2) is 42.3 Å². The summed E-state index contributed by atoms with van der Waals surface area (Å²) in [6.45, 7) is 5.64. The van der Waals surface area contributed by atoms with Crippen LogP contribution in [0.3, 0.4) is 0 Å². The van der Waals surface area contributed by atoms with Gasteiger partial charge in [0.15, 0.2) is 0 Å². The number of nitrogens with two attached hydrogens (primary N) is 1. The maximum absolute atomic E-state index is 9.28. The fourth-order valence-electron chi connectivity index (χ4n) is 2.05. The Morgan fingerprint density at radius 3 is 2.92 bits per heavy atom. The van der Waals surface area contributed by atoms with Crippen LogP contribution in [-0.2, 0) is 0 Å². The van der Waals surface area contributed by atoms with E-state index < -0.39 is 0 Å². The SMILES string of the molecule is CC(O)CN1CCCCC(CN)C1. The molecule has 0 aromatic heterocycles. The molecular weight excluding hydrogens is 164 g/mol. The highest BCUT2D eigenvalue weighted by Gasteiger charge is 2.17. The number of rotatable bonds is 3. The molecule has 0 aromatic carbocycles. The topological polar surface area (TPSA) is 49.5 Å². The maximum Gasteiger partial charge on any atom is 0.0639 e. The lowest BCUT2D eigenvalue weighted by molar-refractivity contribution is 0.121. The molecule has 0 aromatic rings. The molecule has 3 heteroatoms. The van der Waals surface area contributed by atoms with E-state index >= 15 is 0 Å². The van der Waals surface area contributed by atoms with E-state index in [0.717, 1.165) is 26.2 Å². The van der Waals surface area contributed by atoms with Crippen LogP contribution in [0.4, 0.5) is 0 Å². The van der Waals surface area contributed by atoms with Crippen molar-refractivity contribution < 1.29 is 5.11 Å². The van der Waals surface area contributed by atoms with Crippen molar-refractivity contribution in [1.82, 2.24) is 4.90 Å². The lowest BCUT2D eigenvalue weighted by Crippen LogP contribution is -2.36. The molecule has 1 heterocycles. The van der Waals surface area contributed by atoms with Crippen molar-refractivity contribution in [2.24, 2.45) is 11.7 Å². The van der Waals surface area contributed by atoms with Gasteiger partial charge in [-0.25, -0.2) is 0 Å². The lowest BCUT2D eigenvalue weighted by atomic mass is 10.0. The zero-order valence-corrected chi connectivity index (χ0v) is 8.58. The van der Waals surface area contributed by atoms with Crippen LogP contribution in [0.1, 0.15) is 26.2 Å². The van der Waals surface area contributed by atoms with Crippen LogP contribution in [0.15, 0.2) is 0 Å². The first-order chi connectivity index (χ1) is 6.22. The Labute approximate surface area is 80.9 Å². The summed E-state index contributed by atoms with van der Waals surface area (Å²) in [7, 11) is 0. The van der Waals surface area contributed by atoms with Crippen molar-refractivity contribution >= 4 is 0 Å². The predicted molar refractivity (Wildman–Crippen MR) is 54.5 cm³/mol. The minimum atomic E-state index is -0.212. The van der Waals surface area contributed by atoms with E-state index in [1.54, 1.807) is 0 Å². The molecule has 3 nitrogen and oxygen atoms in total. The van der Waals surface area contributed by atoms with Gasteiger partial charge in [0.2, 0.25) is 0 Å². The standard InChI is InChI=1S/C10H22N2O/c1-9(13)7-12-5-3-2-4-10(6-11)8-12/h9-10,13H,2-8,11H2,1H3. The molecule has 1 aliphatic heterocycles. The van der Waals surface area contributed by atoms with Gasteiger partial charge in [0.1, 0.15) is 0 Å². The summed E-state index contributed by atoms with van der Waals surface area (Å²) < 4.78 is 0. The smallest absolute Gasteiger partial charge is 0.0639 e. The quantitative estimate of drug-likeness (QED) is 0.672. The zero-order valence-electron chi connectivity index (χ0n) is 8.58. The fraction of sp³-hybridized carbons (Fsp3) is 1.00. The van der Waals surface area contributed by atoms with Crippen LogP contribution in [0.5, 0.6) is 0 Å². The predicted octanol–water partition coefficient (Wildman–Crippen LogP) is 0.428. The molecule has 0 radical (unpaired) electrons. The van der Waals surface area contributed by atoms with Gasteiger partial charge in [-0.15, -0.1) is 0 Å². The lowest BCUT2D eigenvalue weighted by Gasteiger charge is -2.24. The summed E-state index contributed by atoms with van der Waals surface area (Å²) in [5.74, 6) is 0.640. The molecule has 1 rings (SSSR count). The van der Waals surface area contributed by atoms with Crippen LogP contribution in [0.2, 0.25) is 0 Å². The van der Waals surface area contributed by atoms with Crippen molar-refractivity contribution in [2.75, 3.05) is 26.2 Å². The molecule has 1 saturated heterocycles. The number of nitrogens with zero attached hydrogens (tertiary/aromatic N) is 1. The average Bonchev–Trinajstić information content (AvgIpc) is 2.28. The second-order valence-corrected chi connectivity index (χ2v) is 4.21. The van der Waals surface area contributed by atoms with Crippen LogP contribution >= 0.6 is 0 Å². The molecule has 0 saturated carbocycles. The van der Waals surface area contributed by atoms with Crippen molar-refractivity contribution in [3.05, 3.63) is 0 Å². The molecule has 1 aliphatic rings. The summed E-state index contributed by atoms with van der Waals surface area (Å²) >= 11 is 0. The van der Waals surface area contributed by atoms with Gasteiger partial charge in [-0.3, -0.25) is 0 Å². The third kappa shape index (κ3) is 4.07. The molecule has 0 bridgehead atoms. The summed E-state index contributed by atoms with van der Waals surface area (Å²) in [6.07, 6.45) is 3.59. The molecule has 78 valence electrons. The molecule has 0 spiro atoms. The zero-order chi connectivity index (χ0) is 9.68. The average molecular weight is 186 g/mol. The number of aliphatic hydroxyl groups excluding tert-OH is 1. The molecule has 0 amide bonds. The normalized spacial score (nSPS) is 28.4. The van der Waals surface area contributed by atoms with Gasteiger partial charge in [0.05, 0.1) is 6.10 Å². The van der Waals surface area contributed by atoms with Crippen molar-refractivity contribution in [3.8, 4) is 0 Å². The van der Waals surface area contributed by atoms with Crippen molar-refractivity contribution in [2.45, 2.75) is 32.3 Å². The van der Waals surface area contributed by atoms with E-state index in [9.17, 15) is 5.11 Å². The third-order valence-corrected chi connectivity index (χ3v) is 2.71. The van der Waals surface area contributed by atoms with E-state index in [1.165, 1.54) is 19.3 Å². The van der Waals surface area contributed by atoms with Crippen LogP contribution in [0, 0.1) is 5.92 Å². The molecule has 3 N–H and O–H groups in total. The Morgan fingerprint density at radius 1 is 1.54 bits per heavy atom. The Morgan fingerprint density at radius 2 is 2.31 bits per heavy atom. The van der Waals surface area contributed by atoms with Gasteiger partial charge in [-0.2, -0.15) is 0 Å². The second-order valence-electron chi connectivity index (χ2n) is 4.21. The van der Waals surface area contributed by atoms with Crippen molar-refractivity contribution in [3.63, 3.8) is 0 Å². The summed E-state index contributed by atoms with van der Waals surface area (Å²) in [4.78, 5) is 2.34. The molecular formula is C10H22N2O. The first kappa shape index (κ1) is 11.0. The fourth-order valence-corrected chi connectivity index (χ4v) is 2.05. The third-order valence-electron chi connectivity index (χ3n) is 2.71. The largest absolute Gasteiger partial charge is 0.392 e. The van der Waals surface area contributed by atoms with E-state index in [-0.39, 0.29) is 6.10 Å². The highest BCUT2D eigenvalue weighted by molar-refractivity contribution is 4.72. The van der Waals surface area contributed by atoms with E-state index in [4.69, 9.17) is 5.73 Å². The number of hydrogen-bond acceptors (Lipinski definition) is 3. The first-order valence-electron chi connectivity index (χ1n) is 5.33. The molecule has 13 heavy (non-hydrogen) atoms. The highest BCUT2D eigenvalue weighted by atomic mass is 16.3. The summed E-state index contributed by atoms with van der Waals surface area (Å²) in [5, 5.41) is 9.28. The van der Waals surface area contributed by atoms with Crippen LogP contribution in [0.25, 0.3) is 0 Å². The first-order valence-corrected chi connectivity index (χ1v) is 5.33.